The molecular formula is C14H23N3O7S. The number of hydrogen-bond donors (Lipinski definition) is 2. The fraction of sp³-hybridized carbons (Fsp3) is 0.429. The predicted molar refractivity (Wildman–Crippen MR) is 92.7 cm³/mol. The number of rotatable bonds is 6. The number of nitro benzene ring substituents is 1. The Balaban J connectivity index is 0. The van der Waals surface area contributed by atoms with E-state index in [4.69, 9.17) is 10.2 Å². The molecule has 3 N–H and O–H groups in total. The molecule has 0 heterocycles. The highest BCUT2D eigenvalue weighted by atomic mass is 32.2. The van der Waals surface area contributed by atoms with Crippen molar-refractivity contribution in [2.24, 2.45) is 5.14 Å². The molecule has 142 valence electrons. The lowest BCUT2D eigenvalue weighted by atomic mass is 10.2. The molecule has 11 heteroatoms. The predicted octanol–water partition coefficient (Wildman–Crippen LogP) is 1.07. The number of primary sulfonamides is 1. The standard InChI is InChI=1S/C7H5NO4.C4H11NO2S.C3H7NO/c9-7(10)5-1-3-6(4-2-5)8(11)12;1-2-3-4-8(5,6)7;1-4(2)3-5/h1-4H,(H,9,10);2-4H2,1H3,(H2,5,6,7);3H,1-2H3. The van der Waals surface area contributed by atoms with Crippen LogP contribution in [0.5, 0.6) is 0 Å². The molecule has 1 aromatic carbocycles. The summed E-state index contributed by atoms with van der Waals surface area (Å²) >= 11 is 0. The van der Waals surface area contributed by atoms with Crippen LogP contribution in [-0.2, 0) is 14.8 Å². The van der Waals surface area contributed by atoms with Gasteiger partial charge in [-0.3, -0.25) is 14.9 Å². The van der Waals surface area contributed by atoms with Gasteiger partial charge in [0.2, 0.25) is 16.4 Å². The molecule has 0 aliphatic carbocycles. The third-order valence-corrected chi connectivity index (χ3v) is 3.18. The number of sulfonamides is 1. The first kappa shape index (κ1) is 24.7. The summed E-state index contributed by atoms with van der Waals surface area (Å²) in [7, 11) is 0.189. The minimum atomic E-state index is -3.19. The van der Waals surface area contributed by atoms with Gasteiger partial charge in [-0.05, 0) is 18.6 Å². The van der Waals surface area contributed by atoms with Crippen LogP contribution in [0.2, 0.25) is 0 Å². The molecule has 0 saturated carbocycles. The van der Waals surface area contributed by atoms with E-state index >= 15 is 0 Å². The monoisotopic (exact) mass is 377 g/mol. The lowest BCUT2D eigenvalue weighted by molar-refractivity contribution is -0.384. The Bertz CT molecular complexity index is 610. The zero-order valence-corrected chi connectivity index (χ0v) is 15.1. The van der Waals surface area contributed by atoms with Crippen molar-refractivity contribution in [1.82, 2.24) is 4.90 Å². The van der Waals surface area contributed by atoms with Crippen LogP contribution in [0.1, 0.15) is 30.1 Å². The molecule has 0 bridgehead atoms. The summed E-state index contributed by atoms with van der Waals surface area (Å²) in [6.07, 6.45) is 2.29. The number of nitrogens with zero attached hydrogens (tertiary/aromatic N) is 2. The number of nitrogens with two attached hydrogens (primary N) is 1. The summed E-state index contributed by atoms with van der Waals surface area (Å²) in [6, 6.07) is 4.70. The number of aromatic carboxylic acids is 1. The first-order valence-corrected chi connectivity index (χ1v) is 8.76. The summed E-state index contributed by atoms with van der Waals surface area (Å²) in [5.41, 5.74) is -0.0689. The van der Waals surface area contributed by atoms with E-state index in [-0.39, 0.29) is 17.0 Å². The Morgan fingerprint density at radius 3 is 1.96 bits per heavy atom. The van der Waals surface area contributed by atoms with Crippen molar-refractivity contribution in [2.45, 2.75) is 19.8 Å². The van der Waals surface area contributed by atoms with Gasteiger partial charge in [-0.1, -0.05) is 13.3 Å². The Labute approximate surface area is 146 Å². The van der Waals surface area contributed by atoms with Crippen molar-refractivity contribution >= 4 is 28.1 Å². The number of amides is 1. The minimum absolute atomic E-state index is 0.0422. The van der Waals surface area contributed by atoms with Crippen LogP contribution in [0.15, 0.2) is 24.3 Å². The average Bonchev–Trinajstić information content (AvgIpc) is 2.53. The molecule has 0 aliphatic heterocycles. The molecule has 0 fully saturated rings. The molecule has 0 saturated heterocycles. The van der Waals surface area contributed by atoms with Crippen molar-refractivity contribution in [1.29, 1.82) is 0 Å². The SMILES string of the molecule is CCCCS(N)(=O)=O.CN(C)C=O.O=C(O)c1ccc([N+](=O)[O-])cc1. The van der Waals surface area contributed by atoms with Crippen LogP contribution in [0.25, 0.3) is 0 Å². The van der Waals surface area contributed by atoms with E-state index in [1.807, 2.05) is 6.92 Å². The molecule has 1 aromatic rings. The normalized spacial score (nSPS) is 9.60. The number of non-ortho nitro benzene ring substituents is 1. The van der Waals surface area contributed by atoms with Crippen molar-refractivity contribution in [3.05, 3.63) is 39.9 Å². The van der Waals surface area contributed by atoms with E-state index in [0.29, 0.717) is 6.42 Å². The van der Waals surface area contributed by atoms with E-state index in [1.165, 1.54) is 17.0 Å². The number of benzene rings is 1. The van der Waals surface area contributed by atoms with Crippen LogP contribution >= 0.6 is 0 Å². The smallest absolute Gasteiger partial charge is 0.335 e. The molecule has 1 rings (SSSR count). The molecule has 0 aliphatic rings. The maximum atomic E-state index is 10.3. The summed E-state index contributed by atoms with van der Waals surface area (Å²) in [4.78, 5) is 30.7. The second-order valence-corrected chi connectivity index (χ2v) is 6.63. The van der Waals surface area contributed by atoms with E-state index in [1.54, 1.807) is 14.1 Å². The highest BCUT2D eigenvalue weighted by Crippen LogP contribution is 2.11. The number of hydrogen-bond acceptors (Lipinski definition) is 6. The Morgan fingerprint density at radius 1 is 1.32 bits per heavy atom. The maximum absolute atomic E-state index is 10.3. The number of carboxylic acid groups (broad SMARTS) is 1. The summed E-state index contributed by atoms with van der Waals surface area (Å²) in [6.45, 7) is 1.92. The lowest BCUT2D eigenvalue weighted by Crippen LogP contribution is -2.15. The molecule has 10 nitrogen and oxygen atoms in total. The molecular weight excluding hydrogens is 354 g/mol. The van der Waals surface area contributed by atoms with Crippen LogP contribution in [0.3, 0.4) is 0 Å². The number of carbonyl (C=O) groups excluding carboxylic acids is 1. The zero-order chi connectivity index (χ0) is 20.0. The zero-order valence-electron chi connectivity index (χ0n) is 14.3. The largest absolute Gasteiger partial charge is 0.478 e. The number of unbranched alkanes of at least 4 members (excludes halogenated alkanes) is 1. The molecule has 0 aromatic heterocycles. The van der Waals surface area contributed by atoms with Gasteiger partial charge in [-0.25, -0.2) is 18.4 Å². The van der Waals surface area contributed by atoms with Crippen molar-refractivity contribution in [2.75, 3.05) is 19.8 Å². The second kappa shape index (κ2) is 12.8. The van der Waals surface area contributed by atoms with Crippen LogP contribution < -0.4 is 5.14 Å². The minimum Gasteiger partial charge on any atom is -0.478 e. The van der Waals surface area contributed by atoms with Crippen LogP contribution in [0.4, 0.5) is 5.69 Å². The third kappa shape index (κ3) is 16.1. The van der Waals surface area contributed by atoms with E-state index in [0.717, 1.165) is 25.0 Å². The molecule has 0 unspecified atom stereocenters. The number of nitro groups is 1. The van der Waals surface area contributed by atoms with E-state index < -0.39 is 20.9 Å². The van der Waals surface area contributed by atoms with Crippen molar-refractivity contribution in [3.63, 3.8) is 0 Å². The molecule has 1 amide bonds. The van der Waals surface area contributed by atoms with E-state index in [9.17, 15) is 28.1 Å². The first-order valence-electron chi connectivity index (χ1n) is 7.04. The Hall–Kier alpha value is -2.53. The van der Waals surface area contributed by atoms with Gasteiger partial charge in [0.15, 0.2) is 0 Å². The topological polar surface area (TPSA) is 161 Å². The van der Waals surface area contributed by atoms with Gasteiger partial charge in [-0.15, -0.1) is 0 Å². The molecule has 0 radical (unpaired) electrons. The Kier molecular flexibility index (Phi) is 12.7. The quantitative estimate of drug-likeness (QED) is 0.425. The van der Waals surface area contributed by atoms with Gasteiger partial charge in [0, 0.05) is 26.2 Å². The summed E-state index contributed by atoms with van der Waals surface area (Å²) < 4.78 is 20.3. The average molecular weight is 377 g/mol. The van der Waals surface area contributed by atoms with Crippen molar-refractivity contribution < 1.29 is 28.0 Å². The fourth-order valence-corrected chi connectivity index (χ4v) is 1.76. The highest BCUT2D eigenvalue weighted by Gasteiger charge is 2.06. The second-order valence-electron chi connectivity index (χ2n) is 4.90. The third-order valence-electron chi connectivity index (χ3n) is 2.32. The maximum Gasteiger partial charge on any atom is 0.335 e. The van der Waals surface area contributed by atoms with Gasteiger partial charge in [0.1, 0.15) is 0 Å². The van der Waals surface area contributed by atoms with Gasteiger partial charge in [0.05, 0.1) is 16.2 Å². The van der Waals surface area contributed by atoms with Crippen molar-refractivity contribution in [3.8, 4) is 0 Å². The van der Waals surface area contributed by atoms with Crippen LogP contribution in [0, 0.1) is 10.1 Å². The summed E-state index contributed by atoms with van der Waals surface area (Å²) in [5.74, 6) is -0.978. The van der Waals surface area contributed by atoms with Gasteiger partial charge < -0.3 is 10.0 Å². The van der Waals surface area contributed by atoms with Gasteiger partial charge in [-0.2, -0.15) is 0 Å². The molecule has 0 spiro atoms. The fourth-order valence-electron chi connectivity index (χ4n) is 1.07. The van der Waals surface area contributed by atoms with Gasteiger partial charge >= 0.3 is 5.97 Å². The summed E-state index contributed by atoms with van der Waals surface area (Å²) in [5, 5.41) is 23.3. The highest BCUT2D eigenvalue weighted by molar-refractivity contribution is 7.89. The molecule has 25 heavy (non-hydrogen) atoms. The number of carbonyl (C=O) groups is 2. The lowest BCUT2D eigenvalue weighted by Gasteiger charge is -1.93. The van der Waals surface area contributed by atoms with Gasteiger partial charge in [0.25, 0.3) is 5.69 Å². The van der Waals surface area contributed by atoms with Crippen LogP contribution in [-0.4, -0.2) is 55.6 Å². The Morgan fingerprint density at radius 2 is 1.76 bits per heavy atom. The van der Waals surface area contributed by atoms with E-state index in [2.05, 4.69) is 0 Å². The molecule has 0 atom stereocenters. The first-order chi connectivity index (χ1) is 11.4. The number of carboxylic acids is 1.